The number of thiocarbonyl (C=S) groups is 1. The molecule has 0 unspecified atom stereocenters. The number of carbonyl (C=O) groups excluding carboxylic acids is 1. The van der Waals surface area contributed by atoms with Gasteiger partial charge >= 0.3 is 0 Å². The molecule has 0 bridgehead atoms. The second kappa shape index (κ2) is 10.4. The predicted molar refractivity (Wildman–Crippen MR) is 108 cm³/mol. The third-order valence-corrected chi connectivity index (χ3v) is 3.92. The second-order valence-electron chi connectivity index (χ2n) is 5.89. The SMILES string of the molecule is CCCCCCOc1ccc(C(=O)NC(=S)Nc2cccc(O)c2)cc1. The minimum Gasteiger partial charge on any atom is -0.508 e. The van der Waals surface area contributed by atoms with Gasteiger partial charge < -0.3 is 15.2 Å². The number of phenols is 1. The first-order chi connectivity index (χ1) is 12.6. The summed E-state index contributed by atoms with van der Waals surface area (Å²) in [6.45, 7) is 2.86. The lowest BCUT2D eigenvalue weighted by molar-refractivity contribution is 0.0977. The molecule has 2 aromatic carbocycles. The van der Waals surface area contributed by atoms with Gasteiger partial charge in [0.2, 0.25) is 0 Å². The van der Waals surface area contributed by atoms with E-state index in [1.54, 1.807) is 42.5 Å². The van der Waals surface area contributed by atoms with E-state index < -0.39 is 0 Å². The van der Waals surface area contributed by atoms with Gasteiger partial charge in [-0.05, 0) is 55.0 Å². The summed E-state index contributed by atoms with van der Waals surface area (Å²) < 4.78 is 5.67. The number of amides is 1. The molecule has 5 nitrogen and oxygen atoms in total. The molecule has 6 heteroatoms. The van der Waals surface area contributed by atoms with Crippen LogP contribution >= 0.6 is 12.2 Å². The lowest BCUT2D eigenvalue weighted by Gasteiger charge is -2.10. The lowest BCUT2D eigenvalue weighted by atomic mass is 10.2. The Bertz CT molecular complexity index is 732. The normalized spacial score (nSPS) is 10.2. The van der Waals surface area contributed by atoms with Crippen LogP contribution in [0.3, 0.4) is 0 Å². The summed E-state index contributed by atoms with van der Waals surface area (Å²) in [5.41, 5.74) is 1.09. The fourth-order valence-electron chi connectivity index (χ4n) is 2.34. The number of rotatable bonds is 8. The number of nitrogens with one attached hydrogen (secondary N) is 2. The average molecular weight is 372 g/mol. The van der Waals surface area contributed by atoms with Gasteiger partial charge in [0.25, 0.3) is 5.91 Å². The fourth-order valence-corrected chi connectivity index (χ4v) is 2.55. The van der Waals surface area contributed by atoms with Crippen molar-refractivity contribution in [2.24, 2.45) is 0 Å². The Morgan fingerprint density at radius 2 is 1.88 bits per heavy atom. The monoisotopic (exact) mass is 372 g/mol. The number of hydrogen-bond donors (Lipinski definition) is 3. The largest absolute Gasteiger partial charge is 0.508 e. The first kappa shape index (κ1) is 19.7. The van der Waals surface area contributed by atoms with Crippen LogP contribution in [0.2, 0.25) is 0 Å². The van der Waals surface area contributed by atoms with E-state index in [1.807, 2.05) is 0 Å². The van der Waals surface area contributed by atoms with Crippen molar-refractivity contribution in [3.8, 4) is 11.5 Å². The van der Waals surface area contributed by atoms with E-state index in [0.29, 0.717) is 17.9 Å². The predicted octanol–water partition coefficient (Wildman–Crippen LogP) is 4.48. The van der Waals surface area contributed by atoms with Gasteiger partial charge in [-0.2, -0.15) is 0 Å². The van der Waals surface area contributed by atoms with Crippen molar-refractivity contribution < 1.29 is 14.6 Å². The van der Waals surface area contributed by atoms with E-state index in [4.69, 9.17) is 17.0 Å². The van der Waals surface area contributed by atoms with Gasteiger partial charge in [0, 0.05) is 17.3 Å². The van der Waals surface area contributed by atoms with Crippen molar-refractivity contribution in [2.75, 3.05) is 11.9 Å². The minimum atomic E-state index is -0.308. The molecule has 1 amide bonds. The summed E-state index contributed by atoms with van der Waals surface area (Å²) >= 11 is 5.12. The Morgan fingerprint density at radius 1 is 1.12 bits per heavy atom. The number of phenolic OH excluding ortho intramolecular Hbond substituents is 1. The average Bonchev–Trinajstić information content (AvgIpc) is 2.62. The van der Waals surface area contributed by atoms with Crippen LogP contribution in [0.1, 0.15) is 43.0 Å². The summed E-state index contributed by atoms with van der Waals surface area (Å²) in [7, 11) is 0. The molecule has 0 aliphatic heterocycles. The van der Waals surface area contributed by atoms with Crippen LogP contribution in [0.25, 0.3) is 0 Å². The highest BCUT2D eigenvalue weighted by atomic mass is 32.1. The molecule has 0 saturated heterocycles. The zero-order valence-electron chi connectivity index (χ0n) is 14.8. The summed E-state index contributed by atoms with van der Waals surface area (Å²) in [6, 6.07) is 13.5. The van der Waals surface area contributed by atoms with Crippen LogP contribution in [0.15, 0.2) is 48.5 Å². The van der Waals surface area contributed by atoms with Crippen LogP contribution < -0.4 is 15.4 Å². The number of ether oxygens (including phenoxy) is 1. The van der Waals surface area contributed by atoms with E-state index in [1.165, 1.54) is 25.3 Å². The molecule has 0 aliphatic carbocycles. The summed E-state index contributed by atoms with van der Waals surface area (Å²) in [5, 5.41) is 15.1. The maximum absolute atomic E-state index is 12.2. The molecule has 0 heterocycles. The summed E-state index contributed by atoms with van der Waals surface area (Å²) in [5.74, 6) is 0.560. The molecule has 2 aromatic rings. The number of hydrogen-bond acceptors (Lipinski definition) is 4. The van der Waals surface area contributed by atoms with Gasteiger partial charge in [-0.3, -0.25) is 10.1 Å². The number of aromatic hydroxyl groups is 1. The molecular formula is C20H24N2O3S. The quantitative estimate of drug-likeness (QED) is 0.471. The van der Waals surface area contributed by atoms with Crippen molar-refractivity contribution in [2.45, 2.75) is 32.6 Å². The Labute approximate surface area is 159 Å². The zero-order chi connectivity index (χ0) is 18.8. The molecule has 0 saturated carbocycles. The second-order valence-corrected chi connectivity index (χ2v) is 6.30. The molecule has 3 N–H and O–H groups in total. The van der Waals surface area contributed by atoms with Crippen LogP contribution in [0.5, 0.6) is 11.5 Å². The molecule has 0 aliphatic rings. The van der Waals surface area contributed by atoms with Crippen molar-refractivity contribution in [3.05, 3.63) is 54.1 Å². The van der Waals surface area contributed by atoms with Gasteiger partial charge in [0.05, 0.1) is 6.61 Å². The van der Waals surface area contributed by atoms with E-state index in [0.717, 1.165) is 12.2 Å². The van der Waals surface area contributed by atoms with Crippen LogP contribution in [0.4, 0.5) is 5.69 Å². The third kappa shape index (κ3) is 6.72. The van der Waals surface area contributed by atoms with Gasteiger partial charge in [-0.15, -0.1) is 0 Å². The molecule has 26 heavy (non-hydrogen) atoms. The highest BCUT2D eigenvalue weighted by molar-refractivity contribution is 7.80. The van der Waals surface area contributed by atoms with Crippen molar-refractivity contribution >= 4 is 28.9 Å². The van der Waals surface area contributed by atoms with Crippen LogP contribution in [-0.2, 0) is 0 Å². The van der Waals surface area contributed by atoms with Gasteiger partial charge in [-0.25, -0.2) is 0 Å². The standard InChI is InChI=1S/C20H24N2O3S/c1-2-3-4-5-13-25-18-11-9-15(10-12-18)19(24)22-20(26)21-16-7-6-8-17(23)14-16/h6-12,14,23H,2-5,13H2,1H3,(H2,21,22,24,26). The Morgan fingerprint density at radius 3 is 2.58 bits per heavy atom. The van der Waals surface area contributed by atoms with Crippen LogP contribution in [-0.4, -0.2) is 22.7 Å². The number of benzene rings is 2. The Kier molecular flexibility index (Phi) is 7.89. The third-order valence-electron chi connectivity index (χ3n) is 3.71. The molecule has 138 valence electrons. The van der Waals surface area contributed by atoms with Crippen molar-refractivity contribution in [1.82, 2.24) is 5.32 Å². The first-order valence-corrected chi connectivity index (χ1v) is 9.13. The molecule has 0 radical (unpaired) electrons. The fraction of sp³-hybridized carbons (Fsp3) is 0.300. The highest BCUT2D eigenvalue weighted by Gasteiger charge is 2.08. The first-order valence-electron chi connectivity index (χ1n) is 8.72. The molecule has 0 aromatic heterocycles. The maximum atomic E-state index is 12.2. The van der Waals surface area contributed by atoms with Crippen LogP contribution in [0, 0.1) is 0 Å². The number of carbonyl (C=O) groups is 1. The topological polar surface area (TPSA) is 70.6 Å². The van der Waals surface area contributed by atoms with E-state index in [-0.39, 0.29) is 16.8 Å². The van der Waals surface area contributed by atoms with Gasteiger partial charge in [0.1, 0.15) is 11.5 Å². The lowest BCUT2D eigenvalue weighted by Crippen LogP contribution is -2.34. The Balaban J connectivity index is 1.80. The Hall–Kier alpha value is -2.60. The summed E-state index contributed by atoms with van der Waals surface area (Å²) in [4.78, 5) is 12.2. The molecule has 0 atom stereocenters. The molecule has 0 spiro atoms. The summed E-state index contributed by atoms with van der Waals surface area (Å²) in [6.07, 6.45) is 4.62. The van der Waals surface area contributed by atoms with E-state index in [2.05, 4.69) is 17.6 Å². The van der Waals surface area contributed by atoms with Crippen molar-refractivity contribution in [3.63, 3.8) is 0 Å². The molecule has 0 fully saturated rings. The number of anilines is 1. The molecular weight excluding hydrogens is 348 g/mol. The van der Waals surface area contributed by atoms with Crippen molar-refractivity contribution in [1.29, 1.82) is 0 Å². The van der Waals surface area contributed by atoms with E-state index >= 15 is 0 Å². The highest BCUT2D eigenvalue weighted by Crippen LogP contribution is 2.16. The minimum absolute atomic E-state index is 0.120. The zero-order valence-corrected chi connectivity index (χ0v) is 15.6. The van der Waals surface area contributed by atoms with E-state index in [9.17, 15) is 9.90 Å². The smallest absolute Gasteiger partial charge is 0.257 e. The number of unbranched alkanes of at least 4 members (excludes halogenated alkanes) is 3. The van der Waals surface area contributed by atoms with Gasteiger partial charge in [-0.1, -0.05) is 32.3 Å². The molecule has 2 rings (SSSR count). The maximum Gasteiger partial charge on any atom is 0.257 e. The van der Waals surface area contributed by atoms with Gasteiger partial charge in [0.15, 0.2) is 5.11 Å².